The van der Waals surface area contributed by atoms with Gasteiger partial charge in [-0.05, 0) is 48.0 Å². The third kappa shape index (κ3) is 16.9. The molecule has 0 aromatic heterocycles. The topological polar surface area (TPSA) is 178 Å². The molecule has 0 bridgehead atoms. The standard InChI is InChI=1S/C28H46N4O10S/c1-27(2,3)40-23(36)12-15-31(16-13-24(37)41-28(4,5)6)17-14-29-26(39)19(18-43)30-20(33)8-7-9-25(38)42-32-21(34)10-11-22(32)35/h19,43H,7-18H2,1-6H3,(H,29,39)(H,30,33)/t19-/m0/s1. The largest absolute Gasteiger partial charge is 0.460 e. The van der Waals surface area contributed by atoms with Crippen LogP contribution < -0.4 is 10.6 Å². The number of hydrogen-bond acceptors (Lipinski definition) is 12. The number of carbonyl (C=O) groups is 7. The van der Waals surface area contributed by atoms with Crippen LogP contribution in [0.15, 0.2) is 0 Å². The van der Waals surface area contributed by atoms with E-state index in [1.807, 2.05) is 4.90 Å². The summed E-state index contributed by atoms with van der Waals surface area (Å²) < 4.78 is 10.7. The molecule has 1 aliphatic heterocycles. The van der Waals surface area contributed by atoms with E-state index in [0.29, 0.717) is 24.7 Å². The molecule has 1 fully saturated rings. The number of esters is 2. The molecule has 15 heteroatoms. The predicted molar refractivity (Wildman–Crippen MR) is 157 cm³/mol. The Bertz CT molecular complexity index is 974. The van der Waals surface area contributed by atoms with E-state index in [2.05, 4.69) is 23.3 Å². The minimum Gasteiger partial charge on any atom is -0.460 e. The minimum absolute atomic E-state index is 0.0137. The summed E-state index contributed by atoms with van der Waals surface area (Å²) in [5.41, 5.74) is -1.26. The molecule has 14 nitrogen and oxygen atoms in total. The number of hydrogen-bond donors (Lipinski definition) is 3. The number of hydroxylamine groups is 2. The van der Waals surface area contributed by atoms with Gasteiger partial charge in [0, 0.05) is 57.6 Å². The van der Waals surface area contributed by atoms with Gasteiger partial charge in [0.05, 0.1) is 12.8 Å². The molecule has 4 amide bonds. The number of rotatable bonds is 17. The Hall–Kier alpha value is -3.20. The first-order chi connectivity index (χ1) is 19.9. The van der Waals surface area contributed by atoms with Crippen LogP contribution in [0.2, 0.25) is 0 Å². The van der Waals surface area contributed by atoms with Crippen molar-refractivity contribution in [2.24, 2.45) is 0 Å². The zero-order chi connectivity index (χ0) is 32.8. The maximum Gasteiger partial charge on any atom is 0.333 e. The lowest BCUT2D eigenvalue weighted by Gasteiger charge is -2.25. The van der Waals surface area contributed by atoms with Gasteiger partial charge in [-0.25, -0.2) is 4.79 Å². The maximum absolute atomic E-state index is 12.7. The van der Waals surface area contributed by atoms with Crippen LogP contribution in [0, 0.1) is 0 Å². The smallest absolute Gasteiger partial charge is 0.333 e. The lowest BCUT2D eigenvalue weighted by molar-refractivity contribution is -0.197. The molecule has 1 rings (SSSR count). The number of amides is 4. The van der Waals surface area contributed by atoms with Crippen molar-refractivity contribution in [3.8, 4) is 0 Å². The molecular weight excluding hydrogens is 584 g/mol. The van der Waals surface area contributed by atoms with E-state index in [9.17, 15) is 33.6 Å². The van der Waals surface area contributed by atoms with Crippen molar-refractivity contribution in [3.05, 3.63) is 0 Å². The van der Waals surface area contributed by atoms with Crippen molar-refractivity contribution in [1.82, 2.24) is 20.6 Å². The highest BCUT2D eigenvalue weighted by atomic mass is 32.1. The first kappa shape index (κ1) is 37.8. The fraction of sp³-hybridized carbons (Fsp3) is 0.750. The Labute approximate surface area is 258 Å². The highest BCUT2D eigenvalue weighted by molar-refractivity contribution is 7.80. The summed E-state index contributed by atoms with van der Waals surface area (Å²) in [6.45, 7) is 11.7. The van der Waals surface area contributed by atoms with Crippen LogP contribution >= 0.6 is 12.6 Å². The summed E-state index contributed by atoms with van der Waals surface area (Å²) in [5, 5.41) is 5.72. The van der Waals surface area contributed by atoms with E-state index in [1.165, 1.54) is 0 Å². The summed E-state index contributed by atoms with van der Waals surface area (Å²) >= 11 is 4.15. The van der Waals surface area contributed by atoms with Gasteiger partial charge in [0.15, 0.2) is 0 Å². The molecule has 1 saturated heterocycles. The minimum atomic E-state index is -0.945. The van der Waals surface area contributed by atoms with E-state index >= 15 is 0 Å². The maximum atomic E-state index is 12.7. The molecule has 0 spiro atoms. The van der Waals surface area contributed by atoms with E-state index < -0.39 is 46.8 Å². The number of ether oxygens (including phenoxy) is 2. The average molecular weight is 631 g/mol. The molecule has 0 saturated carbocycles. The summed E-state index contributed by atoms with van der Waals surface area (Å²) in [4.78, 5) is 91.0. The third-order valence-corrected chi connectivity index (χ3v) is 6.01. The lowest BCUT2D eigenvalue weighted by Crippen LogP contribution is -2.49. The molecule has 43 heavy (non-hydrogen) atoms. The third-order valence-electron chi connectivity index (χ3n) is 5.65. The van der Waals surface area contributed by atoms with E-state index in [4.69, 9.17) is 14.3 Å². The SMILES string of the molecule is CC(C)(C)OC(=O)CCN(CCNC(=O)[C@H](CS)NC(=O)CCCC(=O)ON1C(=O)CCC1=O)CCC(=O)OC(C)(C)C. The number of nitrogens with zero attached hydrogens (tertiary/aromatic N) is 2. The van der Waals surface area contributed by atoms with Gasteiger partial charge in [-0.3, -0.25) is 28.8 Å². The number of carbonyl (C=O) groups excluding carboxylic acids is 7. The Kier molecular flexibility index (Phi) is 15.7. The molecule has 244 valence electrons. The number of thiol groups is 1. The highest BCUT2D eigenvalue weighted by Gasteiger charge is 2.32. The van der Waals surface area contributed by atoms with Crippen molar-refractivity contribution in [3.63, 3.8) is 0 Å². The molecule has 0 radical (unpaired) electrons. The summed E-state index contributed by atoms with van der Waals surface area (Å²) in [7, 11) is 0. The Morgan fingerprint density at radius 3 is 1.79 bits per heavy atom. The van der Waals surface area contributed by atoms with Gasteiger partial charge in [0.25, 0.3) is 11.8 Å². The van der Waals surface area contributed by atoms with Gasteiger partial charge in [-0.2, -0.15) is 12.6 Å². The second-order valence-corrected chi connectivity index (χ2v) is 12.4. The summed E-state index contributed by atoms with van der Waals surface area (Å²) in [6.07, 6.45) is -0.0791. The van der Waals surface area contributed by atoms with Gasteiger partial charge >= 0.3 is 17.9 Å². The average Bonchev–Trinajstić information content (AvgIpc) is 3.18. The Morgan fingerprint density at radius 2 is 1.33 bits per heavy atom. The van der Waals surface area contributed by atoms with Crippen LogP contribution in [0.1, 0.15) is 86.5 Å². The Balaban J connectivity index is 2.53. The van der Waals surface area contributed by atoms with E-state index in [0.717, 1.165) is 0 Å². The van der Waals surface area contributed by atoms with Crippen molar-refractivity contribution in [1.29, 1.82) is 0 Å². The summed E-state index contributed by atoms with van der Waals surface area (Å²) in [6, 6.07) is -0.945. The quantitative estimate of drug-likeness (QED) is 0.119. The molecule has 1 aliphatic rings. The van der Waals surface area contributed by atoms with Gasteiger partial charge in [-0.15, -0.1) is 5.06 Å². The second kappa shape index (κ2) is 17.8. The normalized spacial score (nSPS) is 14.4. The van der Waals surface area contributed by atoms with Gasteiger partial charge in [0.2, 0.25) is 11.8 Å². The van der Waals surface area contributed by atoms with Gasteiger partial charge < -0.3 is 29.8 Å². The van der Waals surface area contributed by atoms with E-state index in [1.54, 1.807) is 41.5 Å². The first-order valence-electron chi connectivity index (χ1n) is 14.3. The van der Waals surface area contributed by atoms with Crippen molar-refractivity contribution < 1.29 is 47.9 Å². The molecule has 0 aromatic rings. The highest BCUT2D eigenvalue weighted by Crippen LogP contribution is 2.14. The van der Waals surface area contributed by atoms with Crippen molar-refractivity contribution >= 4 is 54.2 Å². The summed E-state index contributed by atoms with van der Waals surface area (Å²) in [5.74, 6) is -3.73. The second-order valence-electron chi connectivity index (χ2n) is 12.0. The van der Waals surface area contributed by atoms with Crippen LogP contribution in [-0.4, -0.2) is 101 Å². The molecule has 1 heterocycles. The fourth-order valence-electron chi connectivity index (χ4n) is 3.74. The van der Waals surface area contributed by atoms with Crippen LogP contribution in [0.3, 0.4) is 0 Å². The monoisotopic (exact) mass is 630 g/mol. The molecule has 0 aromatic carbocycles. The molecule has 1 atom stereocenters. The zero-order valence-corrected chi connectivity index (χ0v) is 26.9. The van der Waals surface area contributed by atoms with Crippen LogP contribution in [0.4, 0.5) is 0 Å². The fourth-order valence-corrected chi connectivity index (χ4v) is 4.00. The predicted octanol–water partition coefficient (Wildman–Crippen LogP) is 1.06. The molecule has 0 unspecified atom stereocenters. The molecule has 2 N–H and O–H groups in total. The Morgan fingerprint density at radius 1 is 0.814 bits per heavy atom. The van der Waals surface area contributed by atoms with Crippen molar-refractivity contribution in [2.45, 2.75) is 104 Å². The van der Waals surface area contributed by atoms with Crippen molar-refractivity contribution in [2.75, 3.05) is 31.9 Å². The number of imide groups is 1. The van der Waals surface area contributed by atoms with E-state index in [-0.39, 0.29) is 69.2 Å². The number of nitrogens with one attached hydrogen (secondary N) is 2. The van der Waals surface area contributed by atoms with Gasteiger partial charge in [-0.1, -0.05) is 0 Å². The first-order valence-corrected chi connectivity index (χ1v) is 14.9. The molecule has 0 aliphatic carbocycles. The molecular formula is C28H46N4O10S. The lowest BCUT2D eigenvalue weighted by atomic mass is 10.2. The van der Waals surface area contributed by atoms with Crippen LogP contribution in [0.5, 0.6) is 0 Å². The zero-order valence-electron chi connectivity index (χ0n) is 26.0. The van der Waals surface area contributed by atoms with Crippen LogP contribution in [0.25, 0.3) is 0 Å². The van der Waals surface area contributed by atoms with Gasteiger partial charge in [0.1, 0.15) is 17.2 Å². The van der Waals surface area contributed by atoms with Crippen LogP contribution in [-0.2, 0) is 47.9 Å².